The standard InChI is InChI=1S/C12H8ClIO3S/c13-9-1-5-11(6-2-9)17-18(15,16)12-7-3-10(14)4-8-12/h1-8H. The molecular formula is C12H8ClIO3S. The topological polar surface area (TPSA) is 43.4 Å². The second-order valence-electron chi connectivity index (χ2n) is 3.45. The van der Waals surface area contributed by atoms with Crippen molar-refractivity contribution in [3.63, 3.8) is 0 Å². The van der Waals surface area contributed by atoms with E-state index in [1.54, 1.807) is 24.3 Å². The number of benzene rings is 2. The van der Waals surface area contributed by atoms with Gasteiger partial charge in [-0.05, 0) is 71.1 Å². The minimum absolute atomic E-state index is 0.123. The molecule has 18 heavy (non-hydrogen) atoms. The summed E-state index contributed by atoms with van der Waals surface area (Å²) < 4.78 is 29.8. The highest BCUT2D eigenvalue weighted by molar-refractivity contribution is 14.1. The first kappa shape index (κ1) is 13.6. The van der Waals surface area contributed by atoms with E-state index >= 15 is 0 Å². The molecule has 94 valence electrons. The highest BCUT2D eigenvalue weighted by Crippen LogP contribution is 2.21. The van der Waals surface area contributed by atoms with Gasteiger partial charge in [0, 0.05) is 8.59 Å². The van der Waals surface area contributed by atoms with Crippen LogP contribution in [0.15, 0.2) is 53.4 Å². The Morgan fingerprint density at radius 3 is 2.06 bits per heavy atom. The lowest BCUT2D eigenvalue weighted by atomic mass is 10.3. The second-order valence-corrected chi connectivity index (χ2v) is 6.67. The zero-order valence-corrected chi connectivity index (χ0v) is 12.7. The van der Waals surface area contributed by atoms with E-state index in [0.717, 1.165) is 3.57 Å². The number of rotatable bonds is 3. The second kappa shape index (κ2) is 5.46. The fourth-order valence-corrected chi connectivity index (χ4v) is 2.68. The Morgan fingerprint density at radius 1 is 0.944 bits per heavy atom. The molecule has 0 aliphatic rings. The van der Waals surface area contributed by atoms with Gasteiger partial charge in [-0.25, -0.2) is 0 Å². The highest BCUT2D eigenvalue weighted by Gasteiger charge is 2.16. The molecule has 0 N–H and O–H groups in total. The van der Waals surface area contributed by atoms with Gasteiger partial charge in [0.25, 0.3) is 0 Å². The molecule has 0 spiro atoms. The van der Waals surface area contributed by atoms with Crippen LogP contribution in [-0.2, 0) is 10.1 Å². The lowest BCUT2D eigenvalue weighted by Gasteiger charge is -2.06. The SMILES string of the molecule is O=S(=O)(Oc1ccc(Cl)cc1)c1ccc(I)cc1. The summed E-state index contributed by atoms with van der Waals surface area (Å²) in [5.74, 6) is 0.234. The lowest BCUT2D eigenvalue weighted by Crippen LogP contribution is -2.09. The van der Waals surface area contributed by atoms with E-state index in [0.29, 0.717) is 5.02 Å². The van der Waals surface area contributed by atoms with Crippen molar-refractivity contribution in [3.05, 3.63) is 57.1 Å². The molecule has 0 bridgehead atoms. The minimum atomic E-state index is -3.79. The van der Waals surface area contributed by atoms with Crippen molar-refractivity contribution in [1.82, 2.24) is 0 Å². The van der Waals surface area contributed by atoms with Gasteiger partial charge in [-0.3, -0.25) is 0 Å². The smallest absolute Gasteiger partial charge is 0.339 e. The van der Waals surface area contributed by atoms with Crippen molar-refractivity contribution in [2.75, 3.05) is 0 Å². The molecular weight excluding hydrogens is 387 g/mol. The van der Waals surface area contributed by atoms with Crippen LogP contribution < -0.4 is 4.18 Å². The summed E-state index contributed by atoms with van der Waals surface area (Å²) in [6.07, 6.45) is 0. The van der Waals surface area contributed by atoms with Crippen molar-refractivity contribution in [3.8, 4) is 5.75 Å². The van der Waals surface area contributed by atoms with Crippen molar-refractivity contribution in [2.45, 2.75) is 4.90 Å². The quantitative estimate of drug-likeness (QED) is 0.589. The van der Waals surface area contributed by atoms with Crippen molar-refractivity contribution in [1.29, 1.82) is 0 Å². The average Bonchev–Trinajstić information content (AvgIpc) is 2.32. The first-order chi connectivity index (χ1) is 8.47. The Labute approximate surface area is 124 Å². The predicted octanol–water partition coefficient (Wildman–Crippen LogP) is 3.71. The Kier molecular flexibility index (Phi) is 4.14. The molecule has 0 saturated heterocycles. The van der Waals surface area contributed by atoms with Crippen LogP contribution in [-0.4, -0.2) is 8.42 Å². The fraction of sp³-hybridized carbons (Fsp3) is 0. The zero-order chi connectivity index (χ0) is 13.2. The van der Waals surface area contributed by atoms with Gasteiger partial charge in [-0.15, -0.1) is 0 Å². The van der Waals surface area contributed by atoms with Gasteiger partial charge >= 0.3 is 10.1 Å². The molecule has 0 fully saturated rings. The largest absolute Gasteiger partial charge is 0.379 e. The van der Waals surface area contributed by atoms with Crippen molar-refractivity contribution in [2.24, 2.45) is 0 Å². The van der Waals surface area contributed by atoms with Gasteiger partial charge in [-0.2, -0.15) is 8.42 Å². The molecule has 0 aliphatic carbocycles. The van der Waals surface area contributed by atoms with Crippen LogP contribution in [0.25, 0.3) is 0 Å². The van der Waals surface area contributed by atoms with Crippen LogP contribution in [0.4, 0.5) is 0 Å². The summed E-state index contributed by atoms with van der Waals surface area (Å²) in [6, 6.07) is 12.6. The van der Waals surface area contributed by atoms with Gasteiger partial charge in [0.2, 0.25) is 0 Å². The van der Waals surface area contributed by atoms with E-state index < -0.39 is 10.1 Å². The summed E-state index contributed by atoms with van der Waals surface area (Å²) in [5.41, 5.74) is 0. The lowest BCUT2D eigenvalue weighted by molar-refractivity contribution is 0.486. The predicted molar refractivity (Wildman–Crippen MR) is 78.4 cm³/mol. The molecule has 0 aromatic heterocycles. The summed E-state index contributed by atoms with van der Waals surface area (Å²) in [5, 5.41) is 0.522. The molecule has 0 atom stereocenters. The summed E-state index contributed by atoms with van der Waals surface area (Å²) in [6.45, 7) is 0. The van der Waals surface area contributed by atoms with Gasteiger partial charge in [-0.1, -0.05) is 11.6 Å². The van der Waals surface area contributed by atoms with Crippen molar-refractivity contribution >= 4 is 44.3 Å². The third kappa shape index (κ3) is 3.37. The van der Waals surface area contributed by atoms with E-state index in [1.807, 2.05) is 0 Å². The monoisotopic (exact) mass is 394 g/mol. The Hall–Kier alpha value is -0.790. The minimum Gasteiger partial charge on any atom is -0.379 e. The molecule has 0 radical (unpaired) electrons. The number of halogens is 2. The molecule has 0 unspecified atom stereocenters. The Bertz CT molecular complexity index is 636. The zero-order valence-electron chi connectivity index (χ0n) is 9.01. The maximum Gasteiger partial charge on any atom is 0.339 e. The molecule has 0 heterocycles. The number of hydrogen-bond acceptors (Lipinski definition) is 3. The van der Waals surface area contributed by atoms with Crippen LogP contribution in [0, 0.1) is 3.57 Å². The number of hydrogen-bond donors (Lipinski definition) is 0. The third-order valence-electron chi connectivity index (χ3n) is 2.12. The summed E-state index contributed by atoms with van der Waals surface area (Å²) in [7, 11) is -3.79. The first-order valence-corrected chi connectivity index (χ1v) is 7.79. The molecule has 6 heteroatoms. The Morgan fingerprint density at radius 2 is 1.50 bits per heavy atom. The maximum atomic E-state index is 11.9. The van der Waals surface area contributed by atoms with E-state index in [-0.39, 0.29) is 10.6 Å². The highest BCUT2D eigenvalue weighted by atomic mass is 127. The van der Waals surface area contributed by atoms with Crippen LogP contribution in [0.3, 0.4) is 0 Å². The Balaban J connectivity index is 2.27. The van der Waals surface area contributed by atoms with Crippen LogP contribution in [0.5, 0.6) is 5.75 Å². The van der Waals surface area contributed by atoms with Crippen LogP contribution >= 0.6 is 34.2 Å². The van der Waals surface area contributed by atoms with Gasteiger partial charge in [0.05, 0.1) is 0 Å². The fourth-order valence-electron chi connectivity index (χ4n) is 1.27. The first-order valence-electron chi connectivity index (χ1n) is 4.93. The van der Waals surface area contributed by atoms with E-state index in [4.69, 9.17) is 15.8 Å². The molecule has 2 rings (SSSR count). The van der Waals surface area contributed by atoms with Gasteiger partial charge < -0.3 is 4.18 Å². The molecule has 0 saturated carbocycles. The normalized spacial score (nSPS) is 11.2. The average molecular weight is 395 g/mol. The maximum absolute atomic E-state index is 11.9. The van der Waals surface area contributed by atoms with Crippen molar-refractivity contribution < 1.29 is 12.6 Å². The van der Waals surface area contributed by atoms with Gasteiger partial charge in [0.15, 0.2) is 0 Å². The molecule has 0 aliphatic heterocycles. The molecule has 2 aromatic rings. The van der Waals surface area contributed by atoms with E-state index in [1.165, 1.54) is 24.3 Å². The molecule has 0 amide bonds. The van der Waals surface area contributed by atoms with E-state index in [2.05, 4.69) is 22.6 Å². The molecule has 2 aromatic carbocycles. The van der Waals surface area contributed by atoms with Gasteiger partial charge in [0.1, 0.15) is 10.6 Å². The third-order valence-corrected chi connectivity index (χ3v) is 4.35. The summed E-state index contributed by atoms with van der Waals surface area (Å²) >= 11 is 7.81. The summed E-state index contributed by atoms with van der Waals surface area (Å²) in [4.78, 5) is 0.123. The van der Waals surface area contributed by atoms with E-state index in [9.17, 15) is 8.42 Å². The van der Waals surface area contributed by atoms with Crippen LogP contribution in [0.1, 0.15) is 0 Å². The molecule has 3 nitrogen and oxygen atoms in total. The van der Waals surface area contributed by atoms with Crippen LogP contribution in [0.2, 0.25) is 5.02 Å².